The molecule has 1 N–H and O–H groups in total. The Morgan fingerprint density at radius 2 is 2.04 bits per heavy atom. The number of likely N-dealkylation sites (tertiary alicyclic amines) is 2. The first-order chi connectivity index (χ1) is 13.6. The van der Waals surface area contributed by atoms with Crippen LogP contribution in [0.1, 0.15) is 39.0 Å². The van der Waals surface area contributed by atoms with Gasteiger partial charge in [-0.2, -0.15) is 0 Å². The van der Waals surface area contributed by atoms with Crippen molar-refractivity contribution in [3.8, 4) is 11.5 Å². The maximum absolute atomic E-state index is 12.2. The van der Waals surface area contributed by atoms with E-state index in [0.29, 0.717) is 19.6 Å². The van der Waals surface area contributed by atoms with Gasteiger partial charge in [-0.25, -0.2) is 0 Å². The molecule has 1 aromatic rings. The highest BCUT2D eigenvalue weighted by atomic mass is 16.5. The van der Waals surface area contributed by atoms with Crippen LogP contribution in [0.3, 0.4) is 0 Å². The quantitative estimate of drug-likeness (QED) is 0.725. The summed E-state index contributed by atoms with van der Waals surface area (Å²) in [5.41, 5.74) is -0.176. The van der Waals surface area contributed by atoms with Crippen LogP contribution in [0.5, 0.6) is 11.5 Å². The molecule has 6 nitrogen and oxygen atoms in total. The minimum atomic E-state index is -0.318. The fourth-order valence-electron chi connectivity index (χ4n) is 4.64. The zero-order valence-corrected chi connectivity index (χ0v) is 17.2. The van der Waals surface area contributed by atoms with Gasteiger partial charge in [0.2, 0.25) is 5.91 Å². The summed E-state index contributed by atoms with van der Waals surface area (Å²) in [5, 5.41) is 10.7. The first-order valence-corrected chi connectivity index (χ1v) is 10.5. The van der Waals surface area contributed by atoms with Crippen molar-refractivity contribution in [2.45, 2.75) is 45.1 Å². The van der Waals surface area contributed by atoms with E-state index in [-0.39, 0.29) is 17.4 Å². The molecular formula is C22H34N2O4. The zero-order valence-electron chi connectivity index (χ0n) is 17.2. The van der Waals surface area contributed by atoms with E-state index < -0.39 is 0 Å². The van der Waals surface area contributed by atoms with Crippen LogP contribution in [0, 0.1) is 5.41 Å². The van der Waals surface area contributed by atoms with Crippen molar-refractivity contribution in [3.05, 3.63) is 24.3 Å². The van der Waals surface area contributed by atoms with Crippen LogP contribution in [0.15, 0.2) is 24.3 Å². The molecule has 3 rings (SSSR count). The molecule has 0 aromatic heterocycles. The number of carbonyl (C=O) groups excluding carboxylic acids is 1. The van der Waals surface area contributed by atoms with Gasteiger partial charge >= 0.3 is 0 Å². The van der Waals surface area contributed by atoms with Crippen LogP contribution in [0.4, 0.5) is 0 Å². The molecular weight excluding hydrogens is 356 g/mol. The number of para-hydroxylation sites is 2. The van der Waals surface area contributed by atoms with Gasteiger partial charge in [0.05, 0.1) is 19.8 Å². The van der Waals surface area contributed by atoms with Crippen LogP contribution in [-0.2, 0) is 4.79 Å². The summed E-state index contributed by atoms with van der Waals surface area (Å²) in [5.74, 6) is 1.73. The van der Waals surface area contributed by atoms with Crippen molar-refractivity contribution in [2.75, 3.05) is 46.4 Å². The Morgan fingerprint density at radius 3 is 2.79 bits per heavy atom. The van der Waals surface area contributed by atoms with Crippen molar-refractivity contribution in [1.29, 1.82) is 0 Å². The summed E-state index contributed by atoms with van der Waals surface area (Å²) in [6, 6.07) is 7.70. The van der Waals surface area contributed by atoms with Gasteiger partial charge < -0.3 is 24.4 Å². The highest BCUT2D eigenvalue weighted by molar-refractivity contribution is 5.76. The number of nitrogens with zero attached hydrogens (tertiary/aromatic N) is 2. The number of piperidine rings is 2. The molecule has 0 saturated carbocycles. The molecule has 0 radical (unpaired) electrons. The number of hydrogen-bond acceptors (Lipinski definition) is 5. The Balaban J connectivity index is 1.51. The second kappa shape index (κ2) is 9.61. The molecule has 6 heteroatoms. The third-order valence-electron chi connectivity index (χ3n) is 6.17. The van der Waals surface area contributed by atoms with Gasteiger partial charge in [0.15, 0.2) is 11.5 Å². The number of aliphatic hydroxyl groups excluding tert-OH is 1. The number of aliphatic hydroxyl groups is 1. The van der Waals surface area contributed by atoms with Crippen molar-refractivity contribution in [3.63, 3.8) is 0 Å². The fraction of sp³-hybridized carbons (Fsp3) is 0.682. The molecule has 28 heavy (non-hydrogen) atoms. The Hall–Kier alpha value is -1.79. The number of ether oxygens (including phenoxy) is 2. The maximum Gasteiger partial charge on any atom is 0.222 e. The van der Waals surface area contributed by atoms with E-state index in [4.69, 9.17) is 9.47 Å². The van der Waals surface area contributed by atoms with E-state index >= 15 is 0 Å². The lowest BCUT2D eigenvalue weighted by atomic mass is 9.71. The molecule has 2 saturated heterocycles. The molecule has 156 valence electrons. The second-order valence-corrected chi connectivity index (χ2v) is 8.07. The summed E-state index contributed by atoms with van der Waals surface area (Å²) in [4.78, 5) is 16.6. The van der Waals surface area contributed by atoms with E-state index in [1.165, 1.54) is 0 Å². The average molecular weight is 391 g/mol. The summed E-state index contributed by atoms with van der Waals surface area (Å²) >= 11 is 0. The van der Waals surface area contributed by atoms with E-state index in [1.54, 1.807) is 7.11 Å². The Labute approximate surface area is 168 Å². The molecule has 1 amide bonds. The van der Waals surface area contributed by atoms with Crippen LogP contribution < -0.4 is 9.47 Å². The molecule has 1 spiro atoms. The Kier molecular flexibility index (Phi) is 7.18. The lowest BCUT2D eigenvalue weighted by Crippen LogP contribution is -2.59. The Morgan fingerprint density at radius 1 is 1.25 bits per heavy atom. The van der Waals surface area contributed by atoms with E-state index in [0.717, 1.165) is 63.4 Å². The van der Waals surface area contributed by atoms with Crippen molar-refractivity contribution >= 4 is 5.91 Å². The number of carbonyl (C=O) groups is 1. The molecule has 0 aliphatic carbocycles. The summed E-state index contributed by atoms with van der Waals surface area (Å²) in [7, 11) is 1.65. The molecule has 0 bridgehead atoms. The zero-order chi connectivity index (χ0) is 20.0. The van der Waals surface area contributed by atoms with Gasteiger partial charge in [-0.1, -0.05) is 19.1 Å². The predicted octanol–water partition coefficient (Wildman–Crippen LogP) is 2.55. The van der Waals surface area contributed by atoms with Gasteiger partial charge in [0.25, 0.3) is 0 Å². The van der Waals surface area contributed by atoms with Gasteiger partial charge in [-0.05, 0) is 37.8 Å². The highest BCUT2D eigenvalue weighted by Gasteiger charge is 2.45. The maximum atomic E-state index is 12.2. The molecule has 0 unspecified atom stereocenters. The number of amides is 1. The minimum absolute atomic E-state index is 0.176. The third-order valence-corrected chi connectivity index (χ3v) is 6.17. The molecule has 1 aromatic carbocycles. The highest BCUT2D eigenvalue weighted by Crippen LogP contribution is 2.39. The van der Waals surface area contributed by atoms with Gasteiger partial charge in [-0.3, -0.25) is 4.79 Å². The number of methoxy groups -OCH3 is 1. The molecule has 2 aliphatic heterocycles. The van der Waals surface area contributed by atoms with Crippen molar-refractivity contribution < 1.29 is 19.4 Å². The topological polar surface area (TPSA) is 62.2 Å². The van der Waals surface area contributed by atoms with Crippen LogP contribution in [-0.4, -0.2) is 73.4 Å². The van der Waals surface area contributed by atoms with Gasteiger partial charge in [-0.15, -0.1) is 0 Å². The summed E-state index contributed by atoms with van der Waals surface area (Å²) in [6.45, 7) is 6.76. The second-order valence-electron chi connectivity index (χ2n) is 8.07. The lowest BCUT2D eigenvalue weighted by Gasteiger charge is -2.51. The number of rotatable bonds is 7. The largest absolute Gasteiger partial charge is 0.493 e. The van der Waals surface area contributed by atoms with Gasteiger partial charge in [0.1, 0.15) is 0 Å². The standard InChI is InChI=1S/C22H34N2O4/c1-3-21(26)24-13-6-11-22(17-24)16-23(14-10-20(22)25)12-7-15-28-19-9-5-4-8-18(19)27-2/h4-5,8-9,20,25H,3,6-7,10-17H2,1-2H3/t20-,22-/m1/s1. The molecule has 2 heterocycles. The molecule has 2 aliphatic rings. The lowest BCUT2D eigenvalue weighted by molar-refractivity contribution is -0.141. The SMILES string of the molecule is CCC(=O)N1CCC[C@@]2(CN(CCCOc3ccccc3OC)CC[C@H]2O)C1. The first kappa shape index (κ1) is 20.9. The molecule has 2 atom stereocenters. The Bertz CT molecular complexity index is 653. The summed E-state index contributed by atoms with van der Waals surface area (Å²) < 4.78 is 11.2. The smallest absolute Gasteiger partial charge is 0.222 e. The number of hydrogen-bond donors (Lipinski definition) is 1. The predicted molar refractivity (Wildman–Crippen MR) is 109 cm³/mol. The first-order valence-electron chi connectivity index (χ1n) is 10.5. The van der Waals surface area contributed by atoms with E-state index in [1.807, 2.05) is 36.1 Å². The minimum Gasteiger partial charge on any atom is -0.493 e. The van der Waals surface area contributed by atoms with Crippen molar-refractivity contribution in [1.82, 2.24) is 9.80 Å². The normalized spacial score (nSPS) is 25.7. The van der Waals surface area contributed by atoms with E-state index in [9.17, 15) is 9.90 Å². The number of benzene rings is 1. The van der Waals surface area contributed by atoms with Crippen LogP contribution in [0.2, 0.25) is 0 Å². The average Bonchev–Trinajstić information content (AvgIpc) is 2.73. The van der Waals surface area contributed by atoms with Crippen molar-refractivity contribution in [2.24, 2.45) is 5.41 Å². The third kappa shape index (κ3) is 4.78. The van der Waals surface area contributed by atoms with Crippen LogP contribution in [0.25, 0.3) is 0 Å². The monoisotopic (exact) mass is 390 g/mol. The van der Waals surface area contributed by atoms with Crippen LogP contribution >= 0.6 is 0 Å². The molecule has 2 fully saturated rings. The van der Waals surface area contributed by atoms with E-state index in [2.05, 4.69) is 4.90 Å². The fourth-order valence-corrected chi connectivity index (χ4v) is 4.64. The summed E-state index contributed by atoms with van der Waals surface area (Å²) in [6.07, 6.45) is 3.89. The van der Waals surface area contributed by atoms with Gasteiger partial charge in [0, 0.05) is 44.6 Å².